The Kier molecular flexibility index (Phi) is 4.49. The summed E-state index contributed by atoms with van der Waals surface area (Å²) in [7, 11) is 1.61. The third-order valence-electron chi connectivity index (χ3n) is 2.34. The zero-order chi connectivity index (χ0) is 12.1. The minimum absolute atomic E-state index is 0.0120. The molecule has 0 bridgehead atoms. The lowest BCUT2D eigenvalue weighted by molar-refractivity contribution is -0.121. The smallest absolute Gasteiger partial charge is 0.224 e. The van der Waals surface area contributed by atoms with Crippen molar-refractivity contribution >= 4 is 5.91 Å². The molecule has 5 heteroatoms. The van der Waals surface area contributed by atoms with Crippen LogP contribution in [-0.4, -0.2) is 30.8 Å². The van der Waals surface area contributed by atoms with Crippen LogP contribution in [-0.2, 0) is 16.0 Å². The lowest BCUT2D eigenvalue weighted by Crippen LogP contribution is -2.36. The molecule has 1 N–H and O–H groups in total. The fraction of sp³-hybridized carbons (Fsp3) is 0.636. The highest BCUT2D eigenvalue weighted by molar-refractivity contribution is 5.79. The van der Waals surface area contributed by atoms with Crippen molar-refractivity contribution in [2.24, 2.45) is 0 Å². The Morgan fingerprint density at radius 3 is 2.75 bits per heavy atom. The van der Waals surface area contributed by atoms with Gasteiger partial charge in [-0.1, -0.05) is 5.16 Å². The first-order valence-electron chi connectivity index (χ1n) is 5.24. The van der Waals surface area contributed by atoms with E-state index in [1.54, 1.807) is 14.0 Å². The van der Waals surface area contributed by atoms with Gasteiger partial charge in [-0.05, 0) is 20.8 Å². The summed E-state index contributed by atoms with van der Waals surface area (Å²) >= 11 is 0. The Labute approximate surface area is 95.1 Å². The predicted molar refractivity (Wildman–Crippen MR) is 59.2 cm³/mol. The van der Waals surface area contributed by atoms with E-state index in [2.05, 4.69) is 10.5 Å². The Morgan fingerprint density at radius 2 is 2.25 bits per heavy atom. The number of rotatable bonds is 5. The maximum Gasteiger partial charge on any atom is 0.224 e. The number of nitrogens with one attached hydrogen (secondary N) is 1. The van der Waals surface area contributed by atoms with Crippen molar-refractivity contribution in [2.45, 2.75) is 33.2 Å². The van der Waals surface area contributed by atoms with E-state index in [-0.39, 0.29) is 11.9 Å². The summed E-state index contributed by atoms with van der Waals surface area (Å²) in [6.07, 6.45) is 0.301. The Hall–Kier alpha value is -1.36. The van der Waals surface area contributed by atoms with Gasteiger partial charge < -0.3 is 14.6 Å². The molecule has 1 unspecified atom stereocenters. The van der Waals surface area contributed by atoms with Gasteiger partial charge in [0.25, 0.3) is 0 Å². The highest BCUT2D eigenvalue weighted by Crippen LogP contribution is 2.12. The van der Waals surface area contributed by atoms with Crippen LogP contribution in [0.25, 0.3) is 0 Å². The number of hydrogen-bond acceptors (Lipinski definition) is 4. The predicted octanol–water partition coefficient (Wildman–Crippen LogP) is 0.985. The topological polar surface area (TPSA) is 64.4 Å². The minimum Gasteiger partial charge on any atom is -0.383 e. The zero-order valence-corrected chi connectivity index (χ0v) is 10.2. The van der Waals surface area contributed by atoms with Crippen LogP contribution in [0.5, 0.6) is 0 Å². The average Bonchev–Trinajstić information content (AvgIpc) is 2.49. The molecule has 1 heterocycles. The molecule has 0 saturated carbocycles. The van der Waals surface area contributed by atoms with Crippen molar-refractivity contribution in [3.63, 3.8) is 0 Å². The first kappa shape index (κ1) is 12.7. The van der Waals surface area contributed by atoms with Crippen molar-refractivity contribution < 1.29 is 14.1 Å². The summed E-state index contributed by atoms with van der Waals surface area (Å²) in [5, 5.41) is 6.65. The number of aromatic nitrogens is 1. The summed E-state index contributed by atoms with van der Waals surface area (Å²) in [5.74, 6) is 0.658. The van der Waals surface area contributed by atoms with Crippen molar-refractivity contribution in [2.75, 3.05) is 13.7 Å². The summed E-state index contributed by atoms with van der Waals surface area (Å²) in [4.78, 5) is 11.7. The van der Waals surface area contributed by atoms with Crippen LogP contribution in [0.3, 0.4) is 0 Å². The first-order valence-corrected chi connectivity index (χ1v) is 5.24. The molecule has 1 rings (SSSR count). The number of ether oxygens (including phenoxy) is 1. The number of amides is 1. The lowest BCUT2D eigenvalue weighted by Gasteiger charge is -2.12. The van der Waals surface area contributed by atoms with Crippen LogP contribution in [0.2, 0.25) is 0 Å². The van der Waals surface area contributed by atoms with E-state index in [9.17, 15) is 4.79 Å². The minimum atomic E-state index is -0.0426. The van der Waals surface area contributed by atoms with Crippen molar-refractivity contribution in [1.29, 1.82) is 0 Å². The maximum atomic E-state index is 11.7. The van der Waals surface area contributed by atoms with Crippen LogP contribution >= 0.6 is 0 Å². The van der Waals surface area contributed by atoms with Gasteiger partial charge >= 0.3 is 0 Å². The van der Waals surface area contributed by atoms with Gasteiger partial charge in [-0.3, -0.25) is 4.79 Å². The van der Waals surface area contributed by atoms with E-state index in [1.165, 1.54) is 0 Å². The van der Waals surface area contributed by atoms with Crippen LogP contribution in [0.1, 0.15) is 23.9 Å². The molecular weight excluding hydrogens is 208 g/mol. The van der Waals surface area contributed by atoms with Gasteiger partial charge in [0.15, 0.2) is 0 Å². The summed E-state index contributed by atoms with van der Waals surface area (Å²) in [5.41, 5.74) is 1.63. The molecule has 0 aliphatic heterocycles. The molecule has 1 aromatic rings. The van der Waals surface area contributed by atoms with Crippen LogP contribution < -0.4 is 5.32 Å². The third kappa shape index (κ3) is 3.34. The summed E-state index contributed by atoms with van der Waals surface area (Å²) in [6.45, 7) is 6.04. The molecule has 0 saturated heterocycles. The van der Waals surface area contributed by atoms with Gasteiger partial charge in [0.05, 0.1) is 18.7 Å². The SMILES string of the molecule is COCC(C)NC(=O)Cc1c(C)noc1C. The second-order valence-corrected chi connectivity index (χ2v) is 3.90. The monoisotopic (exact) mass is 226 g/mol. The molecule has 0 aromatic carbocycles. The average molecular weight is 226 g/mol. The molecule has 0 fully saturated rings. The number of aryl methyl sites for hydroxylation is 2. The van der Waals surface area contributed by atoms with Gasteiger partial charge in [-0.25, -0.2) is 0 Å². The Balaban J connectivity index is 2.52. The van der Waals surface area contributed by atoms with E-state index in [1.807, 2.05) is 13.8 Å². The normalized spacial score (nSPS) is 12.5. The molecule has 0 aliphatic carbocycles. The van der Waals surface area contributed by atoms with E-state index in [0.717, 1.165) is 11.3 Å². The third-order valence-corrected chi connectivity index (χ3v) is 2.34. The maximum absolute atomic E-state index is 11.7. The van der Waals surface area contributed by atoms with Crippen LogP contribution in [0.15, 0.2) is 4.52 Å². The number of methoxy groups -OCH3 is 1. The number of hydrogen-bond donors (Lipinski definition) is 1. The second kappa shape index (κ2) is 5.65. The van der Waals surface area contributed by atoms with E-state index >= 15 is 0 Å². The lowest BCUT2D eigenvalue weighted by atomic mass is 10.1. The molecule has 90 valence electrons. The van der Waals surface area contributed by atoms with Crippen LogP contribution in [0.4, 0.5) is 0 Å². The number of carbonyl (C=O) groups is 1. The molecule has 0 radical (unpaired) electrons. The fourth-order valence-corrected chi connectivity index (χ4v) is 1.53. The highest BCUT2D eigenvalue weighted by atomic mass is 16.5. The molecule has 1 amide bonds. The molecule has 16 heavy (non-hydrogen) atoms. The van der Waals surface area contributed by atoms with Crippen LogP contribution in [0, 0.1) is 13.8 Å². The van der Waals surface area contributed by atoms with Gasteiger partial charge in [0.2, 0.25) is 5.91 Å². The number of nitrogens with zero attached hydrogens (tertiary/aromatic N) is 1. The van der Waals surface area contributed by atoms with Gasteiger partial charge in [0.1, 0.15) is 5.76 Å². The van der Waals surface area contributed by atoms with E-state index in [0.29, 0.717) is 18.8 Å². The highest BCUT2D eigenvalue weighted by Gasteiger charge is 2.14. The molecular formula is C11H18N2O3. The summed E-state index contributed by atoms with van der Waals surface area (Å²) < 4.78 is 9.94. The molecule has 0 spiro atoms. The molecule has 1 aromatic heterocycles. The first-order chi connectivity index (χ1) is 7.54. The molecule has 0 aliphatic rings. The second-order valence-electron chi connectivity index (χ2n) is 3.90. The van der Waals surface area contributed by atoms with E-state index < -0.39 is 0 Å². The zero-order valence-electron chi connectivity index (χ0n) is 10.2. The van der Waals surface area contributed by atoms with Crippen molar-refractivity contribution in [3.05, 3.63) is 17.0 Å². The molecule has 1 atom stereocenters. The van der Waals surface area contributed by atoms with Crippen molar-refractivity contribution in [3.8, 4) is 0 Å². The molecule has 5 nitrogen and oxygen atoms in total. The Bertz CT molecular complexity index is 341. The van der Waals surface area contributed by atoms with Gasteiger partial charge in [-0.2, -0.15) is 0 Å². The standard InChI is InChI=1S/C11H18N2O3/c1-7(6-15-4)12-11(14)5-10-8(2)13-16-9(10)3/h7H,5-6H2,1-4H3,(H,12,14). The van der Waals surface area contributed by atoms with Crippen molar-refractivity contribution in [1.82, 2.24) is 10.5 Å². The van der Waals surface area contributed by atoms with Gasteiger partial charge in [0, 0.05) is 18.7 Å². The largest absolute Gasteiger partial charge is 0.383 e. The fourth-order valence-electron chi connectivity index (χ4n) is 1.53. The quantitative estimate of drug-likeness (QED) is 0.813. The van der Waals surface area contributed by atoms with Gasteiger partial charge in [-0.15, -0.1) is 0 Å². The van der Waals surface area contributed by atoms with E-state index in [4.69, 9.17) is 9.26 Å². The Morgan fingerprint density at radius 1 is 1.56 bits per heavy atom. The number of carbonyl (C=O) groups excluding carboxylic acids is 1. The summed E-state index contributed by atoms with van der Waals surface area (Å²) in [6, 6.07) is 0.0120.